The van der Waals surface area contributed by atoms with Crippen LogP contribution in [0.3, 0.4) is 0 Å². The number of nitrogens with one attached hydrogen (secondary N) is 2. The van der Waals surface area contributed by atoms with Crippen LogP contribution in [-0.2, 0) is 4.74 Å². The molecule has 0 atom stereocenters. The van der Waals surface area contributed by atoms with Crippen LogP contribution < -0.4 is 10.6 Å². The number of benzene rings is 2. The quantitative estimate of drug-likeness (QED) is 0.666. The zero-order chi connectivity index (χ0) is 19.2. The van der Waals surface area contributed by atoms with Gasteiger partial charge in [0, 0.05) is 23.1 Å². The van der Waals surface area contributed by atoms with Gasteiger partial charge in [-0.25, -0.2) is 9.78 Å². The predicted molar refractivity (Wildman–Crippen MR) is 102 cm³/mol. The number of aryl methyl sites for hydroxylation is 1. The fourth-order valence-electron chi connectivity index (χ4n) is 2.44. The van der Waals surface area contributed by atoms with Crippen molar-refractivity contribution < 1.29 is 9.53 Å². The number of hydrogen-bond donors (Lipinski definition) is 2. The Morgan fingerprint density at radius 1 is 1.04 bits per heavy atom. The van der Waals surface area contributed by atoms with Crippen molar-refractivity contribution in [3.63, 3.8) is 0 Å². The van der Waals surface area contributed by atoms with E-state index < -0.39 is 0 Å². The van der Waals surface area contributed by atoms with E-state index in [0.29, 0.717) is 22.9 Å². The third kappa shape index (κ3) is 4.58. The van der Waals surface area contributed by atoms with Crippen molar-refractivity contribution in [3.8, 4) is 6.07 Å². The highest BCUT2D eigenvalue weighted by molar-refractivity contribution is 5.89. The highest BCUT2D eigenvalue weighted by Gasteiger charge is 2.07. The maximum atomic E-state index is 11.5. The molecule has 2 aromatic carbocycles. The summed E-state index contributed by atoms with van der Waals surface area (Å²) in [5.41, 5.74) is 3.31. The summed E-state index contributed by atoms with van der Waals surface area (Å²) in [5.74, 6) is 0.630. The molecule has 0 unspecified atom stereocenters. The van der Waals surface area contributed by atoms with Crippen molar-refractivity contribution in [1.29, 1.82) is 5.26 Å². The molecule has 0 aliphatic heterocycles. The number of ether oxygens (including phenoxy) is 1. The van der Waals surface area contributed by atoms with Crippen LogP contribution in [0.1, 0.15) is 21.6 Å². The molecule has 0 spiro atoms. The molecule has 3 rings (SSSR count). The molecular weight excluding hydrogens is 342 g/mol. The zero-order valence-corrected chi connectivity index (χ0v) is 14.9. The van der Waals surface area contributed by atoms with Gasteiger partial charge in [0.15, 0.2) is 0 Å². The van der Waals surface area contributed by atoms with Gasteiger partial charge in [0.25, 0.3) is 0 Å². The van der Waals surface area contributed by atoms with Crippen LogP contribution >= 0.6 is 0 Å². The number of aromatic nitrogens is 2. The first-order valence-electron chi connectivity index (χ1n) is 8.15. The highest BCUT2D eigenvalue weighted by Crippen LogP contribution is 2.20. The third-order valence-corrected chi connectivity index (χ3v) is 3.68. The van der Waals surface area contributed by atoms with Crippen LogP contribution in [-0.4, -0.2) is 23.0 Å². The van der Waals surface area contributed by atoms with Gasteiger partial charge in [-0.15, -0.1) is 0 Å². The normalized spacial score (nSPS) is 9.96. The Bertz CT molecular complexity index is 1010. The van der Waals surface area contributed by atoms with E-state index in [4.69, 9.17) is 5.26 Å². The predicted octanol–water partition coefficient (Wildman–Crippen LogP) is 3.93. The second kappa shape index (κ2) is 7.97. The van der Waals surface area contributed by atoms with E-state index in [1.807, 2.05) is 19.1 Å². The third-order valence-electron chi connectivity index (χ3n) is 3.68. The van der Waals surface area contributed by atoms with E-state index in [-0.39, 0.29) is 5.97 Å². The number of nitriles is 1. The minimum absolute atomic E-state index is 0.389. The molecule has 7 heteroatoms. The molecule has 134 valence electrons. The topological polar surface area (TPSA) is 99.9 Å². The van der Waals surface area contributed by atoms with Crippen molar-refractivity contribution in [2.45, 2.75) is 6.92 Å². The lowest BCUT2D eigenvalue weighted by atomic mass is 10.2. The number of hydrogen-bond acceptors (Lipinski definition) is 7. The number of esters is 1. The summed E-state index contributed by atoms with van der Waals surface area (Å²) in [6.45, 7) is 1.87. The minimum atomic E-state index is -0.389. The lowest BCUT2D eigenvalue weighted by Crippen LogP contribution is -2.03. The first kappa shape index (κ1) is 17.9. The van der Waals surface area contributed by atoms with E-state index in [0.717, 1.165) is 17.1 Å². The Morgan fingerprint density at radius 2 is 1.81 bits per heavy atom. The molecule has 0 saturated heterocycles. The maximum absolute atomic E-state index is 11.5. The van der Waals surface area contributed by atoms with Crippen LogP contribution in [0.15, 0.2) is 54.6 Å². The van der Waals surface area contributed by atoms with E-state index in [1.54, 1.807) is 42.5 Å². The molecule has 1 heterocycles. The number of nitrogens with zero attached hydrogens (tertiary/aromatic N) is 3. The number of methoxy groups -OCH3 is 1. The molecule has 2 N–H and O–H groups in total. The van der Waals surface area contributed by atoms with Gasteiger partial charge in [0.1, 0.15) is 5.82 Å². The highest BCUT2D eigenvalue weighted by atomic mass is 16.5. The van der Waals surface area contributed by atoms with Gasteiger partial charge in [-0.1, -0.05) is 6.07 Å². The molecule has 0 aliphatic carbocycles. The number of rotatable bonds is 5. The Kier molecular flexibility index (Phi) is 5.28. The monoisotopic (exact) mass is 359 g/mol. The van der Waals surface area contributed by atoms with Crippen LogP contribution in [0.2, 0.25) is 0 Å². The molecule has 0 amide bonds. The Labute approximate surface area is 156 Å². The standard InChI is InChI=1S/C20H17N5O2/c1-13-10-18(23-17-5-3-4-14(11-17)12-21)25-20(22-13)24-16-8-6-15(7-9-16)19(26)27-2/h3-11H,1-2H3,(H2,22,23,24,25). The Morgan fingerprint density at radius 3 is 2.52 bits per heavy atom. The maximum Gasteiger partial charge on any atom is 0.337 e. The van der Waals surface area contributed by atoms with Crippen molar-refractivity contribution >= 4 is 29.1 Å². The summed E-state index contributed by atoms with van der Waals surface area (Å²) in [4.78, 5) is 20.3. The van der Waals surface area contributed by atoms with Gasteiger partial charge in [-0.05, 0) is 49.4 Å². The summed E-state index contributed by atoms with van der Waals surface area (Å²) in [5, 5.41) is 15.3. The second-order valence-corrected chi connectivity index (χ2v) is 5.73. The van der Waals surface area contributed by atoms with Crippen molar-refractivity contribution in [2.75, 3.05) is 17.7 Å². The summed E-state index contributed by atoms with van der Waals surface area (Å²) < 4.78 is 4.69. The first-order valence-corrected chi connectivity index (χ1v) is 8.15. The number of anilines is 4. The van der Waals surface area contributed by atoms with Gasteiger partial charge < -0.3 is 15.4 Å². The van der Waals surface area contributed by atoms with Gasteiger partial charge in [0.05, 0.1) is 24.3 Å². The number of carbonyl (C=O) groups excluding carboxylic acids is 1. The molecule has 0 aliphatic rings. The van der Waals surface area contributed by atoms with Gasteiger partial charge in [0.2, 0.25) is 5.95 Å². The fourth-order valence-corrected chi connectivity index (χ4v) is 2.44. The summed E-state index contributed by atoms with van der Waals surface area (Å²) >= 11 is 0. The molecule has 0 radical (unpaired) electrons. The van der Waals surface area contributed by atoms with Crippen LogP contribution in [0, 0.1) is 18.3 Å². The average molecular weight is 359 g/mol. The van der Waals surface area contributed by atoms with E-state index in [2.05, 4.69) is 31.4 Å². The summed E-state index contributed by atoms with van der Waals surface area (Å²) in [6, 6.07) is 17.9. The largest absolute Gasteiger partial charge is 0.465 e. The SMILES string of the molecule is COC(=O)c1ccc(Nc2nc(C)cc(Nc3cccc(C#N)c3)n2)cc1. The minimum Gasteiger partial charge on any atom is -0.465 e. The van der Waals surface area contributed by atoms with Crippen LogP contribution in [0.25, 0.3) is 0 Å². The van der Waals surface area contributed by atoms with Crippen LogP contribution in [0.4, 0.5) is 23.1 Å². The van der Waals surface area contributed by atoms with E-state index >= 15 is 0 Å². The van der Waals surface area contributed by atoms with Crippen molar-refractivity contribution in [1.82, 2.24) is 9.97 Å². The molecule has 1 aromatic heterocycles. The lowest BCUT2D eigenvalue weighted by Gasteiger charge is -2.10. The zero-order valence-electron chi connectivity index (χ0n) is 14.9. The van der Waals surface area contributed by atoms with E-state index in [9.17, 15) is 4.79 Å². The number of carbonyl (C=O) groups is 1. The molecule has 0 fully saturated rings. The van der Waals surface area contributed by atoms with E-state index in [1.165, 1.54) is 7.11 Å². The summed E-state index contributed by atoms with van der Waals surface area (Å²) in [7, 11) is 1.34. The molecule has 0 saturated carbocycles. The second-order valence-electron chi connectivity index (χ2n) is 5.73. The Balaban J connectivity index is 1.79. The molecule has 27 heavy (non-hydrogen) atoms. The molecular formula is C20H17N5O2. The fraction of sp³-hybridized carbons (Fsp3) is 0.100. The molecule has 0 bridgehead atoms. The summed E-state index contributed by atoms with van der Waals surface area (Å²) in [6.07, 6.45) is 0. The molecule has 3 aromatic rings. The molecule has 7 nitrogen and oxygen atoms in total. The Hall–Kier alpha value is -3.92. The average Bonchev–Trinajstić information content (AvgIpc) is 2.67. The smallest absolute Gasteiger partial charge is 0.337 e. The van der Waals surface area contributed by atoms with Gasteiger partial charge in [-0.3, -0.25) is 0 Å². The van der Waals surface area contributed by atoms with Gasteiger partial charge >= 0.3 is 5.97 Å². The van der Waals surface area contributed by atoms with Crippen molar-refractivity contribution in [2.24, 2.45) is 0 Å². The van der Waals surface area contributed by atoms with Crippen molar-refractivity contribution in [3.05, 3.63) is 71.4 Å². The van der Waals surface area contributed by atoms with Crippen LogP contribution in [0.5, 0.6) is 0 Å². The lowest BCUT2D eigenvalue weighted by molar-refractivity contribution is 0.0601. The first-order chi connectivity index (χ1) is 13.1. The van der Waals surface area contributed by atoms with Gasteiger partial charge in [-0.2, -0.15) is 10.2 Å².